The maximum Gasteiger partial charge on any atom is 0.414 e. The summed E-state index contributed by atoms with van der Waals surface area (Å²) in [6.07, 6.45) is -2.81. The molecule has 0 saturated carbocycles. The van der Waals surface area contributed by atoms with Crippen molar-refractivity contribution < 1.29 is 26.0 Å². The second-order valence-corrected chi connectivity index (χ2v) is 7.59. The van der Waals surface area contributed by atoms with Gasteiger partial charge in [-0.2, -0.15) is 18.3 Å². The van der Waals surface area contributed by atoms with E-state index in [0.717, 1.165) is 30.5 Å². The van der Waals surface area contributed by atoms with Gasteiger partial charge in [0.15, 0.2) is 11.9 Å². The largest absolute Gasteiger partial charge is 0.414 e. The minimum atomic E-state index is -4.94. The summed E-state index contributed by atoms with van der Waals surface area (Å²) in [5.74, 6) is -1.10. The zero-order valence-electron chi connectivity index (χ0n) is 13.3. The van der Waals surface area contributed by atoms with Crippen LogP contribution >= 0.6 is 0 Å². The molecule has 1 aromatic carbocycles. The number of nitrogens with one attached hydrogen (secondary N) is 1. The van der Waals surface area contributed by atoms with Crippen LogP contribution in [0, 0.1) is 5.82 Å². The molecule has 1 aliphatic heterocycles. The fourth-order valence-electron chi connectivity index (χ4n) is 3.02. The van der Waals surface area contributed by atoms with Crippen LogP contribution in [0.4, 0.5) is 23.4 Å². The number of aromatic amines is 1. The number of benzene rings is 1. The Balaban J connectivity index is 2.01. The Bertz CT molecular complexity index is 1110. The van der Waals surface area contributed by atoms with Crippen molar-refractivity contribution in [3.63, 3.8) is 0 Å². The van der Waals surface area contributed by atoms with Crippen LogP contribution in [0.5, 0.6) is 0 Å². The molecule has 0 fully saturated rings. The molecule has 1 N–H and O–H groups in total. The maximum atomic E-state index is 13.9. The number of pyridine rings is 1. The smallest absolute Gasteiger partial charge is 0.277 e. The molecule has 0 amide bonds. The lowest BCUT2D eigenvalue weighted by Crippen LogP contribution is -2.45. The highest BCUT2D eigenvalue weighted by atomic mass is 32.2. The first-order valence-corrected chi connectivity index (χ1v) is 9.00. The Kier molecular flexibility index (Phi) is 3.74. The molecule has 1 unspecified atom stereocenters. The first-order valence-electron chi connectivity index (χ1n) is 7.56. The van der Waals surface area contributed by atoms with E-state index < -0.39 is 33.0 Å². The van der Waals surface area contributed by atoms with Crippen LogP contribution in [0.15, 0.2) is 53.7 Å². The molecule has 27 heavy (non-hydrogen) atoms. The molecular formula is C16H10F4N4O2S. The van der Waals surface area contributed by atoms with E-state index in [-0.39, 0.29) is 26.9 Å². The Hall–Kier alpha value is -2.95. The third-order valence-electron chi connectivity index (χ3n) is 4.14. The van der Waals surface area contributed by atoms with E-state index in [9.17, 15) is 26.0 Å². The van der Waals surface area contributed by atoms with Crippen molar-refractivity contribution in [2.45, 2.75) is 17.1 Å². The number of aromatic nitrogens is 3. The first-order chi connectivity index (χ1) is 12.7. The van der Waals surface area contributed by atoms with Crippen LogP contribution in [0.1, 0.15) is 11.6 Å². The molecule has 1 aliphatic rings. The molecule has 0 spiro atoms. The number of hydrogen-bond acceptors (Lipinski definition) is 4. The van der Waals surface area contributed by atoms with Gasteiger partial charge in [-0.1, -0.05) is 0 Å². The van der Waals surface area contributed by atoms with Gasteiger partial charge in [0.2, 0.25) is 0 Å². The Morgan fingerprint density at radius 3 is 2.48 bits per heavy atom. The number of H-pyrrole nitrogens is 1. The average Bonchev–Trinajstić information content (AvgIpc) is 3.09. The van der Waals surface area contributed by atoms with Crippen molar-refractivity contribution in [2.24, 2.45) is 0 Å². The fraction of sp³-hybridized carbons (Fsp3) is 0.125. The van der Waals surface area contributed by atoms with Crippen LogP contribution in [0.3, 0.4) is 0 Å². The predicted molar refractivity (Wildman–Crippen MR) is 86.7 cm³/mol. The van der Waals surface area contributed by atoms with E-state index in [0.29, 0.717) is 0 Å². The van der Waals surface area contributed by atoms with Gasteiger partial charge in [-0.15, -0.1) is 0 Å². The van der Waals surface area contributed by atoms with Crippen molar-refractivity contribution in [1.82, 2.24) is 15.2 Å². The molecule has 0 bridgehead atoms. The Morgan fingerprint density at radius 1 is 1.11 bits per heavy atom. The van der Waals surface area contributed by atoms with E-state index in [1.165, 1.54) is 18.3 Å². The minimum Gasteiger partial charge on any atom is -0.277 e. The second kappa shape index (κ2) is 5.78. The number of alkyl halides is 3. The normalized spacial score (nSPS) is 16.7. The zero-order chi connectivity index (χ0) is 19.4. The average molecular weight is 398 g/mol. The van der Waals surface area contributed by atoms with Gasteiger partial charge in [-0.05, 0) is 36.4 Å². The van der Waals surface area contributed by atoms with Gasteiger partial charge in [-0.3, -0.25) is 5.10 Å². The lowest BCUT2D eigenvalue weighted by Gasteiger charge is -2.37. The number of nitrogens with zero attached hydrogens (tertiary/aromatic N) is 3. The monoisotopic (exact) mass is 398 g/mol. The van der Waals surface area contributed by atoms with E-state index in [1.807, 2.05) is 0 Å². The summed E-state index contributed by atoms with van der Waals surface area (Å²) in [6, 6.07) is 3.93. The highest BCUT2D eigenvalue weighted by molar-refractivity contribution is 7.92. The van der Waals surface area contributed by atoms with Crippen LogP contribution in [0.25, 0.3) is 11.3 Å². The van der Waals surface area contributed by atoms with Crippen molar-refractivity contribution in [3.05, 3.63) is 60.2 Å². The lowest BCUT2D eigenvalue weighted by molar-refractivity contribution is -0.147. The third kappa shape index (κ3) is 2.65. The standard InChI is InChI=1S/C16H10F4N4O2S/c17-9-3-5-10(6-4-9)27(25,26)24-14(16(18,19)20)12-8-22-23-13(12)11-2-1-7-21-15(11)24/h1-8,14H,(H,22,23). The van der Waals surface area contributed by atoms with Crippen LogP contribution < -0.4 is 4.31 Å². The van der Waals surface area contributed by atoms with E-state index in [1.54, 1.807) is 0 Å². The molecule has 0 saturated heterocycles. The summed E-state index contributed by atoms with van der Waals surface area (Å²) in [7, 11) is -4.70. The summed E-state index contributed by atoms with van der Waals surface area (Å²) in [5.41, 5.74) is -0.129. The molecule has 0 aliphatic carbocycles. The van der Waals surface area contributed by atoms with E-state index in [4.69, 9.17) is 0 Å². The Labute approximate surface area is 150 Å². The number of fused-ring (bicyclic) bond motifs is 3. The number of sulfonamides is 1. The molecule has 3 heterocycles. The summed E-state index contributed by atoms with van der Waals surface area (Å²) >= 11 is 0. The summed E-state index contributed by atoms with van der Waals surface area (Å²) < 4.78 is 81.3. The zero-order valence-corrected chi connectivity index (χ0v) is 14.1. The minimum absolute atomic E-state index is 0.0472. The predicted octanol–water partition coefficient (Wildman–Crippen LogP) is 3.42. The molecule has 3 aromatic rings. The molecule has 11 heteroatoms. The number of halogens is 4. The molecule has 140 valence electrons. The van der Waals surface area contributed by atoms with Gasteiger partial charge < -0.3 is 0 Å². The summed E-state index contributed by atoms with van der Waals surface area (Å²) in [5, 5.41) is 6.12. The van der Waals surface area contributed by atoms with Gasteiger partial charge in [0.05, 0.1) is 16.8 Å². The SMILES string of the molecule is O=S(=O)(c1ccc(F)cc1)N1c2ncccc2-c2[nH]ncc2C1C(F)(F)F. The van der Waals surface area contributed by atoms with Crippen molar-refractivity contribution in [3.8, 4) is 11.3 Å². The maximum absolute atomic E-state index is 13.9. The topological polar surface area (TPSA) is 79.0 Å². The van der Waals surface area contributed by atoms with E-state index in [2.05, 4.69) is 15.2 Å². The third-order valence-corrected chi connectivity index (χ3v) is 5.91. The van der Waals surface area contributed by atoms with Gasteiger partial charge >= 0.3 is 6.18 Å². The van der Waals surface area contributed by atoms with Crippen molar-refractivity contribution in [1.29, 1.82) is 0 Å². The molecule has 4 rings (SSSR count). The molecule has 6 nitrogen and oxygen atoms in total. The highest BCUT2D eigenvalue weighted by Crippen LogP contribution is 2.50. The van der Waals surface area contributed by atoms with Gasteiger partial charge in [0, 0.05) is 17.3 Å². The van der Waals surface area contributed by atoms with Gasteiger partial charge in [0.1, 0.15) is 5.82 Å². The molecular weight excluding hydrogens is 388 g/mol. The summed E-state index contributed by atoms with van der Waals surface area (Å²) in [6.45, 7) is 0. The Morgan fingerprint density at radius 2 is 1.81 bits per heavy atom. The number of rotatable bonds is 2. The molecule has 2 aromatic heterocycles. The number of anilines is 1. The molecule has 1 atom stereocenters. The number of hydrogen-bond donors (Lipinski definition) is 1. The highest BCUT2D eigenvalue weighted by Gasteiger charge is 2.54. The quantitative estimate of drug-likeness (QED) is 0.671. The summed E-state index contributed by atoms with van der Waals surface area (Å²) in [4.78, 5) is 3.39. The lowest BCUT2D eigenvalue weighted by atomic mass is 9.98. The van der Waals surface area contributed by atoms with Crippen molar-refractivity contribution in [2.75, 3.05) is 4.31 Å². The van der Waals surface area contributed by atoms with E-state index >= 15 is 0 Å². The van der Waals surface area contributed by atoms with Gasteiger partial charge in [-0.25, -0.2) is 22.1 Å². The van der Waals surface area contributed by atoms with Crippen LogP contribution in [-0.4, -0.2) is 29.8 Å². The fourth-order valence-corrected chi connectivity index (χ4v) is 4.61. The first kappa shape index (κ1) is 17.5. The van der Waals surface area contributed by atoms with Crippen LogP contribution in [0.2, 0.25) is 0 Å². The molecule has 0 radical (unpaired) electrons. The van der Waals surface area contributed by atoms with Crippen molar-refractivity contribution >= 4 is 15.8 Å². The van der Waals surface area contributed by atoms with Gasteiger partial charge in [0.25, 0.3) is 10.0 Å². The second-order valence-electron chi connectivity index (χ2n) is 5.77. The van der Waals surface area contributed by atoms with Crippen LogP contribution in [-0.2, 0) is 10.0 Å².